The Kier molecular flexibility index (Phi) is 9.29. The molecule has 1 heterocycles. The standard InChI is InChI=1S/C30H43F2NO5SSi/c1-22-11-12-28(23-9-7-6-8-10-23)39(35,36)33(22)17-24-15-27(32)25(16-26(24)31)30(20-34)18-29(2,19-30)38-21-37-13-14-40(3,4)5/h6-10,15-16,22,28,34H,11-14,17-21H2,1-5H3/t22-,28+,29-,30+/m0/s1. The lowest BCUT2D eigenvalue weighted by Gasteiger charge is -2.53. The quantitative estimate of drug-likeness (QED) is 0.192. The molecule has 10 heteroatoms. The Balaban J connectivity index is 1.47. The number of nitrogens with zero attached hydrogens (tertiary/aromatic N) is 1. The van der Waals surface area contributed by atoms with Crippen LogP contribution >= 0.6 is 0 Å². The van der Waals surface area contributed by atoms with Crippen molar-refractivity contribution in [3.63, 3.8) is 0 Å². The third kappa shape index (κ3) is 6.68. The van der Waals surface area contributed by atoms with Gasteiger partial charge in [0.15, 0.2) is 0 Å². The van der Waals surface area contributed by atoms with Gasteiger partial charge in [0.1, 0.15) is 23.7 Å². The van der Waals surface area contributed by atoms with Crippen molar-refractivity contribution in [3.05, 3.63) is 70.8 Å². The first-order valence-corrected chi connectivity index (χ1v) is 19.3. The van der Waals surface area contributed by atoms with E-state index < -0.39 is 46.0 Å². The zero-order valence-corrected chi connectivity index (χ0v) is 26.1. The molecule has 0 spiro atoms. The van der Waals surface area contributed by atoms with Gasteiger partial charge >= 0.3 is 0 Å². The molecule has 0 aromatic heterocycles. The summed E-state index contributed by atoms with van der Waals surface area (Å²) in [5.74, 6) is -1.33. The van der Waals surface area contributed by atoms with Crippen LogP contribution in [-0.4, -0.2) is 57.6 Å². The third-order valence-corrected chi connectivity index (χ3v) is 12.5. The average Bonchev–Trinajstić information content (AvgIpc) is 2.86. The molecule has 2 aromatic carbocycles. The molecule has 1 N–H and O–H groups in total. The van der Waals surface area contributed by atoms with Crippen LogP contribution in [-0.2, 0) is 31.5 Å². The van der Waals surface area contributed by atoms with Gasteiger partial charge in [0.25, 0.3) is 0 Å². The summed E-state index contributed by atoms with van der Waals surface area (Å²) < 4.78 is 71.0. The zero-order chi connectivity index (χ0) is 29.3. The molecule has 1 saturated heterocycles. The number of halogens is 2. The summed E-state index contributed by atoms with van der Waals surface area (Å²) in [6.45, 7) is 10.6. The lowest BCUT2D eigenvalue weighted by molar-refractivity contribution is -0.194. The number of hydrogen-bond donors (Lipinski definition) is 1. The molecule has 0 unspecified atom stereocenters. The smallest absolute Gasteiger partial charge is 0.221 e. The number of aliphatic hydroxyl groups is 1. The van der Waals surface area contributed by atoms with E-state index in [9.17, 15) is 13.5 Å². The molecule has 2 aliphatic rings. The molecule has 1 aliphatic carbocycles. The van der Waals surface area contributed by atoms with Crippen LogP contribution in [0.4, 0.5) is 8.78 Å². The number of sulfonamides is 1. The summed E-state index contributed by atoms with van der Waals surface area (Å²) in [7, 11) is -5.00. The van der Waals surface area contributed by atoms with E-state index in [4.69, 9.17) is 9.47 Å². The van der Waals surface area contributed by atoms with Crippen LogP contribution in [0.1, 0.15) is 61.5 Å². The van der Waals surface area contributed by atoms with Gasteiger partial charge in [-0.25, -0.2) is 17.2 Å². The molecule has 6 nitrogen and oxygen atoms in total. The van der Waals surface area contributed by atoms with E-state index in [0.717, 1.165) is 18.2 Å². The summed E-state index contributed by atoms with van der Waals surface area (Å²) in [5.41, 5.74) is -0.823. The number of aliphatic hydroxyl groups excluding tert-OH is 1. The van der Waals surface area contributed by atoms with Crippen molar-refractivity contribution in [2.24, 2.45) is 0 Å². The van der Waals surface area contributed by atoms with E-state index in [1.807, 2.05) is 13.0 Å². The van der Waals surface area contributed by atoms with Crippen molar-refractivity contribution in [1.82, 2.24) is 4.31 Å². The zero-order valence-electron chi connectivity index (χ0n) is 24.3. The first-order valence-electron chi connectivity index (χ1n) is 14.1. The Morgan fingerprint density at radius 3 is 2.38 bits per heavy atom. The monoisotopic (exact) mass is 595 g/mol. The number of hydrogen-bond acceptors (Lipinski definition) is 5. The van der Waals surface area contributed by atoms with Crippen molar-refractivity contribution in [2.75, 3.05) is 20.0 Å². The molecular weight excluding hydrogens is 552 g/mol. The van der Waals surface area contributed by atoms with Gasteiger partial charge in [-0.3, -0.25) is 0 Å². The second kappa shape index (κ2) is 11.9. The van der Waals surface area contributed by atoms with Crippen molar-refractivity contribution in [1.29, 1.82) is 0 Å². The molecular formula is C30H43F2NO5SSi. The maximum Gasteiger partial charge on any atom is 0.221 e. The summed E-state index contributed by atoms with van der Waals surface area (Å²) in [6, 6.07) is 11.9. The van der Waals surface area contributed by atoms with Crippen LogP contribution in [0.2, 0.25) is 25.7 Å². The fourth-order valence-corrected chi connectivity index (χ4v) is 9.07. The normalized spacial score (nSPS) is 28.8. The van der Waals surface area contributed by atoms with Crippen molar-refractivity contribution < 1.29 is 31.8 Å². The molecule has 2 aromatic rings. The minimum Gasteiger partial charge on any atom is -0.395 e. The predicted molar refractivity (Wildman–Crippen MR) is 155 cm³/mol. The highest BCUT2D eigenvalue weighted by atomic mass is 32.2. The van der Waals surface area contributed by atoms with Crippen molar-refractivity contribution in [3.8, 4) is 0 Å². The molecule has 0 bridgehead atoms. The second-order valence-corrected chi connectivity index (χ2v) is 20.8. The van der Waals surface area contributed by atoms with Gasteiger partial charge in [0, 0.05) is 38.2 Å². The molecule has 0 radical (unpaired) electrons. The first kappa shape index (κ1) is 31.2. The van der Waals surface area contributed by atoms with E-state index >= 15 is 8.78 Å². The minimum absolute atomic E-state index is 0.0207. The molecule has 40 heavy (non-hydrogen) atoms. The van der Waals surface area contributed by atoms with Crippen LogP contribution < -0.4 is 0 Å². The van der Waals surface area contributed by atoms with Crippen LogP contribution in [0.3, 0.4) is 0 Å². The fourth-order valence-electron chi connectivity index (χ4n) is 6.13. The van der Waals surface area contributed by atoms with Crippen LogP contribution in [0.25, 0.3) is 0 Å². The predicted octanol–water partition coefficient (Wildman–Crippen LogP) is 6.13. The Morgan fingerprint density at radius 1 is 1.07 bits per heavy atom. The lowest BCUT2D eigenvalue weighted by atomic mass is 9.57. The van der Waals surface area contributed by atoms with Gasteiger partial charge in [0.2, 0.25) is 10.0 Å². The van der Waals surface area contributed by atoms with Gasteiger partial charge in [0.05, 0.1) is 12.2 Å². The van der Waals surface area contributed by atoms with Crippen molar-refractivity contribution in [2.45, 2.75) is 94.1 Å². The molecule has 1 aliphatic heterocycles. The molecule has 2 atom stereocenters. The maximum atomic E-state index is 15.5. The van der Waals surface area contributed by atoms with E-state index in [0.29, 0.717) is 37.9 Å². The molecule has 222 valence electrons. The molecule has 1 saturated carbocycles. The van der Waals surface area contributed by atoms with E-state index in [-0.39, 0.29) is 37.1 Å². The highest BCUT2D eigenvalue weighted by Crippen LogP contribution is 2.53. The first-order chi connectivity index (χ1) is 18.7. The van der Waals surface area contributed by atoms with Gasteiger partial charge in [-0.2, -0.15) is 4.31 Å². The average molecular weight is 596 g/mol. The Bertz CT molecular complexity index is 1280. The minimum atomic E-state index is -3.79. The van der Waals surface area contributed by atoms with Crippen molar-refractivity contribution >= 4 is 18.1 Å². The van der Waals surface area contributed by atoms with E-state index in [1.54, 1.807) is 31.2 Å². The topological polar surface area (TPSA) is 76.1 Å². The Morgan fingerprint density at radius 2 is 1.75 bits per heavy atom. The third-order valence-electron chi connectivity index (χ3n) is 8.44. The van der Waals surface area contributed by atoms with Crippen LogP contribution in [0.5, 0.6) is 0 Å². The van der Waals surface area contributed by atoms with Crippen LogP contribution in [0, 0.1) is 11.6 Å². The van der Waals surface area contributed by atoms with E-state index in [1.165, 1.54) is 4.31 Å². The van der Waals surface area contributed by atoms with Crippen LogP contribution in [0.15, 0.2) is 42.5 Å². The molecule has 0 amide bonds. The van der Waals surface area contributed by atoms with Gasteiger partial charge in [-0.05, 0) is 68.8 Å². The lowest BCUT2D eigenvalue weighted by Crippen LogP contribution is -2.57. The molecule has 2 fully saturated rings. The summed E-state index contributed by atoms with van der Waals surface area (Å²) >= 11 is 0. The fraction of sp³-hybridized carbons (Fsp3) is 0.600. The second-order valence-electron chi connectivity index (χ2n) is 13.1. The van der Waals surface area contributed by atoms with Gasteiger partial charge in [-0.1, -0.05) is 50.0 Å². The van der Waals surface area contributed by atoms with Gasteiger partial charge < -0.3 is 14.6 Å². The summed E-state index contributed by atoms with van der Waals surface area (Å²) in [4.78, 5) is 0. The number of ether oxygens (including phenoxy) is 2. The summed E-state index contributed by atoms with van der Waals surface area (Å²) in [6.07, 6.45) is 1.73. The summed E-state index contributed by atoms with van der Waals surface area (Å²) in [5, 5.41) is 9.53. The highest BCUT2D eigenvalue weighted by Gasteiger charge is 2.55. The number of benzene rings is 2. The Hall–Kier alpha value is -1.69. The largest absolute Gasteiger partial charge is 0.395 e. The number of rotatable bonds is 11. The molecule has 4 rings (SSSR count). The maximum absolute atomic E-state index is 15.5. The SMILES string of the molecule is C[C@H]1CC[C@H](c2ccccc2)S(=O)(=O)N1Cc1cc(F)c([C@]2(CO)C[C@](C)(OCOCC[Si](C)(C)C)C2)cc1F. The highest BCUT2D eigenvalue weighted by molar-refractivity contribution is 7.89. The van der Waals surface area contributed by atoms with Gasteiger partial charge in [-0.15, -0.1) is 0 Å². The Labute approximate surface area is 238 Å². The van der Waals surface area contributed by atoms with E-state index in [2.05, 4.69) is 19.6 Å².